The Kier molecular flexibility index (Phi) is 6.16. The van der Waals surface area contributed by atoms with Crippen LogP contribution in [0.5, 0.6) is 0 Å². The van der Waals surface area contributed by atoms with Crippen molar-refractivity contribution in [3.8, 4) is 11.3 Å². The van der Waals surface area contributed by atoms with Gasteiger partial charge in [-0.3, -0.25) is 0 Å². The predicted molar refractivity (Wildman–Crippen MR) is 93.5 cm³/mol. The summed E-state index contributed by atoms with van der Waals surface area (Å²) in [5.74, 6) is -0.530. The molecule has 2 rings (SSSR count). The van der Waals surface area contributed by atoms with Crippen molar-refractivity contribution in [3.05, 3.63) is 45.0 Å². The minimum atomic E-state index is -0.530. The zero-order valence-electron chi connectivity index (χ0n) is 11.7. The standard InChI is InChI=1S/C15H13AsCl3NO2/c1-2-5-22-15(21)14-13(19)10(16)7-12(20-14)9-4-3-8(17)6-11(9)18/h3-4,6-7H,2,5,16H2,1H3. The Balaban J connectivity index is 2.50. The van der Waals surface area contributed by atoms with Crippen molar-refractivity contribution in [1.29, 1.82) is 0 Å². The molecule has 0 saturated carbocycles. The molecule has 0 bridgehead atoms. The number of rotatable bonds is 4. The number of aromatic nitrogens is 1. The third kappa shape index (κ3) is 3.97. The summed E-state index contributed by atoms with van der Waals surface area (Å²) in [7, 11) is 0. The van der Waals surface area contributed by atoms with E-state index >= 15 is 0 Å². The van der Waals surface area contributed by atoms with Gasteiger partial charge < -0.3 is 0 Å². The van der Waals surface area contributed by atoms with E-state index in [1.54, 1.807) is 24.3 Å². The van der Waals surface area contributed by atoms with E-state index in [1.807, 2.05) is 6.92 Å². The van der Waals surface area contributed by atoms with E-state index in [1.165, 1.54) is 16.9 Å². The SMILES string of the molecule is CCCOC(=O)c1nc(-c2ccc(Cl)cc2Cl)cc([AsH2])c1Cl. The summed E-state index contributed by atoms with van der Waals surface area (Å²) >= 11 is 19.6. The summed E-state index contributed by atoms with van der Waals surface area (Å²) < 4.78 is 5.91. The molecule has 0 amide bonds. The van der Waals surface area contributed by atoms with Crippen LogP contribution in [-0.4, -0.2) is 34.4 Å². The maximum absolute atomic E-state index is 12.1. The second-order valence-corrected chi connectivity index (χ2v) is 7.05. The molecule has 7 heteroatoms. The summed E-state index contributed by atoms with van der Waals surface area (Å²) in [6, 6.07) is 6.90. The number of carbonyl (C=O) groups excluding carboxylic acids is 1. The van der Waals surface area contributed by atoms with Crippen LogP contribution in [0.1, 0.15) is 23.8 Å². The van der Waals surface area contributed by atoms with Crippen LogP contribution in [0.3, 0.4) is 0 Å². The molecule has 0 N–H and O–H groups in total. The van der Waals surface area contributed by atoms with Gasteiger partial charge in [-0.25, -0.2) is 0 Å². The van der Waals surface area contributed by atoms with Gasteiger partial charge in [0.15, 0.2) is 0 Å². The molecular weight excluding hydrogens is 407 g/mol. The maximum atomic E-state index is 12.1. The topological polar surface area (TPSA) is 39.2 Å². The Bertz CT molecular complexity index is 722. The molecule has 0 fully saturated rings. The normalized spacial score (nSPS) is 10.6. The summed E-state index contributed by atoms with van der Waals surface area (Å²) in [5, 5.41) is 1.31. The van der Waals surface area contributed by atoms with Gasteiger partial charge in [0.1, 0.15) is 0 Å². The second kappa shape index (κ2) is 7.70. The number of esters is 1. The summed E-state index contributed by atoms with van der Waals surface area (Å²) in [6.45, 7) is 2.24. The first-order chi connectivity index (χ1) is 10.4. The van der Waals surface area contributed by atoms with Crippen LogP contribution in [0, 0.1) is 0 Å². The molecule has 1 atom stereocenters. The number of carbonyl (C=O) groups is 1. The summed E-state index contributed by atoms with van der Waals surface area (Å²) in [5.41, 5.74) is 1.36. The fourth-order valence-electron chi connectivity index (χ4n) is 1.78. The van der Waals surface area contributed by atoms with Crippen molar-refractivity contribution >= 4 is 62.0 Å². The first-order valence-corrected chi connectivity index (χ1v) is 8.87. The first kappa shape index (κ1) is 17.6. The van der Waals surface area contributed by atoms with E-state index in [-0.39, 0.29) is 5.69 Å². The van der Waals surface area contributed by atoms with Gasteiger partial charge in [-0.2, -0.15) is 0 Å². The zero-order valence-corrected chi connectivity index (χ0v) is 16.4. The van der Waals surface area contributed by atoms with Crippen LogP contribution in [0.4, 0.5) is 0 Å². The van der Waals surface area contributed by atoms with Crippen molar-refractivity contribution in [3.63, 3.8) is 0 Å². The Labute approximate surface area is 152 Å². The van der Waals surface area contributed by atoms with Gasteiger partial charge in [0.05, 0.1) is 0 Å². The third-order valence-electron chi connectivity index (χ3n) is 2.82. The zero-order chi connectivity index (χ0) is 16.3. The monoisotopic (exact) mass is 419 g/mol. The molecule has 0 radical (unpaired) electrons. The summed E-state index contributed by atoms with van der Waals surface area (Å²) in [6.07, 6.45) is 0.731. The molecule has 0 aliphatic heterocycles. The van der Waals surface area contributed by atoms with E-state index in [0.717, 1.165) is 10.8 Å². The van der Waals surface area contributed by atoms with Crippen molar-refractivity contribution < 1.29 is 9.53 Å². The van der Waals surface area contributed by atoms with E-state index in [2.05, 4.69) is 4.98 Å². The molecule has 1 heterocycles. The van der Waals surface area contributed by atoms with E-state index in [4.69, 9.17) is 39.5 Å². The first-order valence-electron chi connectivity index (χ1n) is 6.52. The molecule has 0 saturated heterocycles. The number of hydrogen-bond acceptors (Lipinski definition) is 3. The van der Waals surface area contributed by atoms with Crippen molar-refractivity contribution in [2.45, 2.75) is 13.3 Å². The molecule has 1 aromatic carbocycles. The Morgan fingerprint density at radius 3 is 2.64 bits per heavy atom. The van der Waals surface area contributed by atoms with Crippen molar-refractivity contribution in [2.75, 3.05) is 6.61 Å². The molecule has 0 aliphatic carbocycles. The van der Waals surface area contributed by atoms with Crippen LogP contribution in [-0.2, 0) is 4.74 Å². The van der Waals surface area contributed by atoms with Gasteiger partial charge in [-0.1, -0.05) is 0 Å². The van der Waals surface area contributed by atoms with Crippen LogP contribution in [0.15, 0.2) is 24.3 Å². The average molecular weight is 421 g/mol. The van der Waals surface area contributed by atoms with Gasteiger partial charge in [-0.15, -0.1) is 0 Å². The number of nitrogens with zero attached hydrogens (tertiary/aromatic N) is 1. The van der Waals surface area contributed by atoms with Gasteiger partial charge in [0.2, 0.25) is 0 Å². The van der Waals surface area contributed by atoms with Gasteiger partial charge in [0, 0.05) is 0 Å². The van der Waals surface area contributed by atoms with Crippen LogP contribution < -0.4 is 4.35 Å². The molecule has 0 aliphatic rings. The van der Waals surface area contributed by atoms with E-state index < -0.39 is 5.97 Å². The number of halogens is 3. The van der Waals surface area contributed by atoms with Gasteiger partial charge in [0.25, 0.3) is 0 Å². The summed E-state index contributed by atoms with van der Waals surface area (Å²) in [4.78, 5) is 16.4. The number of benzene rings is 1. The average Bonchev–Trinajstić information content (AvgIpc) is 2.47. The second-order valence-electron chi connectivity index (χ2n) is 4.52. The Morgan fingerprint density at radius 2 is 2.00 bits per heavy atom. The molecule has 22 heavy (non-hydrogen) atoms. The van der Waals surface area contributed by atoms with Crippen molar-refractivity contribution in [1.82, 2.24) is 4.98 Å². The Morgan fingerprint density at radius 1 is 1.27 bits per heavy atom. The van der Waals surface area contributed by atoms with E-state index in [0.29, 0.717) is 32.9 Å². The van der Waals surface area contributed by atoms with Crippen LogP contribution in [0.25, 0.3) is 11.3 Å². The molecule has 0 spiro atoms. The molecule has 116 valence electrons. The van der Waals surface area contributed by atoms with Crippen LogP contribution >= 0.6 is 34.8 Å². The fourth-order valence-corrected chi connectivity index (χ4v) is 3.08. The van der Waals surface area contributed by atoms with Crippen molar-refractivity contribution in [2.24, 2.45) is 0 Å². The van der Waals surface area contributed by atoms with E-state index in [9.17, 15) is 4.79 Å². The molecule has 1 aromatic heterocycles. The number of ether oxygens (including phenoxy) is 1. The van der Waals surface area contributed by atoms with Gasteiger partial charge in [-0.05, 0) is 0 Å². The fraction of sp³-hybridized carbons (Fsp3) is 0.200. The number of pyridine rings is 1. The minimum absolute atomic E-state index is 0.109. The van der Waals surface area contributed by atoms with Crippen LogP contribution in [0.2, 0.25) is 15.1 Å². The number of hydrogen-bond donors (Lipinski definition) is 0. The molecule has 1 unspecified atom stereocenters. The predicted octanol–water partition coefficient (Wildman–Crippen LogP) is 3.53. The third-order valence-corrected chi connectivity index (χ3v) is 5.11. The molecule has 2 aromatic rings. The molecular formula is C15H13AsCl3NO2. The van der Waals surface area contributed by atoms with Gasteiger partial charge >= 0.3 is 153 Å². The Hall–Kier alpha value is -0.732. The quantitative estimate of drug-likeness (QED) is 0.561. The molecule has 3 nitrogen and oxygen atoms in total.